The van der Waals surface area contributed by atoms with Crippen LogP contribution in [-0.4, -0.2) is 41.3 Å². The average Bonchev–Trinajstić information content (AvgIpc) is 2.99. The maximum atomic E-state index is 12.1. The Balaban J connectivity index is 1.51. The van der Waals surface area contributed by atoms with Crippen LogP contribution in [0.4, 0.5) is 0 Å². The van der Waals surface area contributed by atoms with Gasteiger partial charge in [-0.15, -0.1) is 0 Å². The summed E-state index contributed by atoms with van der Waals surface area (Å²) in [5.41, 5.74) is -0.111. The average molecular weight is 631 g/mol. The van der Waals surface area contributed by atoms with Crippen LogP contribution < -0.4 is 14.2 Å². The molecular formula is C36H40NO7S+. The summed E-state index contributed by atoms with van der Waals surface area (Å²) >= 11 is 0. The van der Waals surface area contributed by atoms with Crippen LogP contribution in [0.2, 0.25) is 0 Å². The molecule has 0 saturated heterocycles. The van der Waals surface area contributed by atoms with Gasteiger partial charge in [0.1, 0.15) is 35.1 Å². The Morgan fingerprint density at radius 3 is 1.27 bits per heavy atom. The summed E-state index contributed by atoms with van der Waals surface area (Å²) in [7, 11) is -0.490. The molecule has 4 rings (SSSR count). The molecule has 0 aliphatic carbocycles. The molecule has 0 atom stereocenters. The summed E-state index contributed by atoms with van der Waals surface area (Å²) in [5, 5.41) is 0. The second-order valence-electron chi connectivity index (χ2n) is 12.1. The molecular weight excluding hydrogens is 590 g/mol. The Hall–Kier alpha value is -4.50. The summed E-state index contributed by atoms with van der Waals surface area (Å²) in [6, 6.07) is 27.3. The molecule has 0 radical (unpaired) electrons. The number of hydrogen-bond donors (Lipinski definition) is 0. The Kier molecular flexibility index (Phi) is 11.1. The van der Waals surface area contributed by atoms with Gasteiger partial charge in [0.15, 0.2) is 27.9 Å². The van der Waals surface area contributed by atoms with E-state index in [1.54, 1.807) is 12.4 Å². The first-order chi connectivity index (χ1) is 21.3. The minimum Gasteiger partial charge on any atom is -0.489 e. The van der Waals surface area contributed by atoms with Crippen LogP contribution in [0.25, 0.3) is 0 Å². The van der Waals surface area contributed by atoms with E-state index in [0.29, 0.717) is 18.1 Å². The van der Waals surface area contributed by atoms with Crippen molar-refractivity contribution in [3.8, 4) is 17.2 Å². The topological polar surface area (TPSA) is 93.2 Å². The molecule has 0 saturated carbocycles. The van der Waals surface area contributed by atoms with Gasteiger partial charge < -0.3 is 23.7 Å². The second kappa shape index (κ2) is 15.0. The van der Waals surface area contributed by atoms with Crippen molar-refractivity contribution >= 4 is 22.8 Å². The quantitative estimate of drug-likeness (QED) is 0.120. The van der Waals surface area contributed by atoms with Gasteiger partial charge in [0.05, 0.1) is 10.9 Å². The van der Waals surface area contributed by atoms with Crippen LogP contribution in [-0.2, 0) is 36.6 Å². The lowest BCUT2D eigenvalue weighted by molar-refractivity contribution is -0.158. The number of aromatic nitrogens is 1. The summed E-state index contributed by atoms with van der Waals surface area (Å²) in [5.74, 6) is 1.05. The molecule has 0 fully saturated rings. The van der Waals surface area contributed by atoms with Gasteiger partial charge in [0.25, 0.3) is 0 Å². The first-order valence-electron chi connectivity index (χ1n) is 14.6. The molecule has 236 valence electrons. The van der Waals surface area contributed by atoms with E-state index in [0.717, 1.165) is 26.0 Å². The van der Waals surface area contributed by atoms with Crippen molar-refractivity contribution in [1.82, 2.24) is 4.98 Å². The van der Waals surface area contributed by atoms with E-state index in [1.807, 2.05) is 114 Å². The van der Waals surface area contributed by atoms with E-state index in [4.69, 9.17) is 23.7 Å². The highest BCUT2D eigenvalue weighted by atomic mass is 32.2. The van der Waals surface area contributed by atoms with E-state index in [9.17, 15) is 9.59 Å². The van der Waals surface area contributed by atoms with E-state index in [-0.39, 0.29) is 13.2 Å². The van der Waals surface area contributed by atoms with Crippen molar-refractivity contribution in [2.45, 2.75) is 74.0 Å². The van der Waals surface area contributed by atoms with Crippen LogP contribution in [0.15, 0.2) is 112 Å². The molecule has 9 heteroatoms. The molecule has 1 heterocycles. The van der Waals surface area contributed by atoms with Crippen molar-refractivity contribution < 1.29 is 33.3 Å². The third-order valence-corrected chi connectivity index (χ3v) is 8.12. The van der Waals surface area contributed by atoms with Crippen LogP contribution in [0, 0.1) is 0 Å². The molecule has 0 amide bonds. The van der Waals surface area contributed by atoms with Crippen LogP contribution >= 0.6 is 0 Å². The third-order valence-electron chi connectivity index (χ3n) is 5.89. The van der Waals surface area contributed by atoms with Gasteiger partial charge in [0.2, 0.25) is 0 Å². The van der Waals surface area contributed by atoms with Crippen LogP contribution in [0.3, 0.4) is 0 Å². The van der Waals surface area contributed by atoms with Gasteiger partial charge in [0, 0.05) is 12.4 Å². The summed E-state index contributed by atoms with van der Waals surface area (Å²) in [6.07, 6.45) is 3.49. The number of ether oxygens (including phenoxy) is 5. The molecule has 1 aromatic heterocycles. The van der Waals surface area contributed by atoms with Gasteiger partial charge >= 0.3 is 11.9 Å². The molecule has 4 aromatic rings. The maximum Gasteiger partial charge on any atom is 0.344 e. The first kappa shape index (κ1) is 33.4. The Morgan fingerprint density at radius 1 is 0.556 bits per heavy atom. The fourth-order valence-corrected chi connectivity index (χ4v) is 6.14. The van der Waals surface area contributed by atoms with E-state index in [1.165, 1.54) is 0 Å². The first-order valence-corrected chi connectivity index (χ1v) is 15.8. The molecule has 0 unspecified atom stereocenters. The number of pyridine rings is 1. The number of carbonyl (C=O) groups excluding carboxylic acids is 2. The zero-order valence-corrected chi connectivity index (χ0v) is 27.4. The fourth-order valence-electron chi connectivity index (χ4n) is 4.10. The Labute approximate surface area is 268 Å². The van der Waals surface area contributed by atoms with Gasteiger partial charge in [-0.2, -0.15) is 0 Å². The summed E-state index contributed by atoms with van der Waals surface area (Å²) < 4.78 is 28.0. The Bertz CT molecular complexity index is 1450. The lowest BCUT2D eigenvalue weighted by Crippen LogP contribution is -2.27. The van der Waals surface area contributed by atoms with Gasteiger partial charge in [-0.25, -0.2) is 9.59 Å². The number of hydrogen-bond acceptors (Lipinski definition) is 8. The van der Waals surface area contributed by atoms with Crippen molar-refractivity contribution in [3.05, 3.63) is 103 Å². The fraction of sp³-hybridized carbons (Fsp3) is 0.306. The molecule has 0 spiro atoms. The van der Waals surface area contributed by atoms with Crippen molar-refractivity contribution in [2.75, 3.05) is 13.2 Å². The second-order valence-corrected chi connectivity index (χ2v) is 14.1. The summed E-state index contributed by atoms with van der Waals surface area (Å²) in [4.78, 5) is 31.4. The molecule has 0 bridgehead atoms. The van der Waals surface area contributed by atoms with Crippen molar-refractivity contribution in [2.24, 2.45) is 0 Å². The zero-order chi connectivity index (χ0) is 32.5. The SMILES string of the molecule is CC(C)(C)OC(=O)COc1ccc([S+](c2ccc(OCC(=O)OC(C)(C)C)cc2)c2ccc(OCc3ccncc3)cc2)cc1. The lowest BCUT2D eigenvalue weighted by atomic mass is 10.2. The largest absolute Gasteiger partial charge is 0.489 e. The van der Waals surface area contributed by atoms with Crippen LogP contribution in [0.1, 0.15) is 47.1 Å². The molecule has 0 N–H and O–H groups in total. The third kappa shape index (κ3) is 11.2. The van der Waals surface area contributed by atoms with E-state index < -0.39 is 34.0 Å². The highest BCUT2D eigenvalue weighted by Crippen LogP contribution is 2.34. The normalized spacial score (nSPS) is 11.5. The maximum absolute atomic E-state index is 12.1. The van der Waals surface area contributed by atoms with Gasteiger partial charge in [-0.1, -0.05) is 0 Å². The predicted molar refractivity (Wildman–Crippen MR) is 173 cm³/mol. The monoisotopic (exact) mass is 630 g/mol. The van der Waals surface area contributed by atoms with Gasteiger partial charge in [-0.3, -0.25) is 4.98 Å². The highest BCUT2D eigenvalue weighted by molar-refractivity contribution is 7.97. The standard InChI is InChI=1S/C36H40NO7S/c1-35(2,3)43-33(38)24-41-28-9-15-31(16-10-28)45(30-13-7-27(8-14-30)40-23-26-19-21-37-22-20-26)32-17-11-29(12-18-32)42-25-34(39)44-36(4,5)6/h7-22H,23-25H2,1-6H3/q+1. The van der Waals surface area contributed by atoms with Crippen molar-refractivity contribution in [3.63, 3.8) is 0 Å². The minimum absolute atomic E-state index is 0.173. The molecule has 45 heavy (non-hydrogen) atoms. The summed E-state index contributed by atoms with van der Waals surface area (Å²) in [6.45, 7) is 11.0. The Morgan fingerprint density at radius 2 is 0.911 bits per heavy atom. The smallest absolute Gasteiger partial charge is 0.344 e. The van der Waals surface area contributed by atoms with E-state index >= 15 is 0 Å². The number of esters is 2. The zero-order valence-electron chi connectivity index (χ0n) is 26.6. The van der Waals surface area contributed by atoms with Crippen molar-refractivity contribution in [1.29, 1.82) is 0 Å². The van der Waals surface area contributed by atoms with Crippen LogP contribution in [0.5, 0.6) is 17.2 Å². The minimum atomic E-state index is -0.575. The molecule has 3 aromatic carbocycles. The number of benzene rings is 3. The molecule has 8 nitrogen and oxygen atoms in total. The highest BCUT2D eigenvalue weighted by Gasteiger charge is 2.29. The molecule has 0 aliphatic rings. The van der Waals surface area contributed by atoms with Gasteiger partial charge in [-0.05, 0) is 132 Å². The number of nitrogens with zero attached hydrogens (tertiary/aromatic N) is 1. The number of carbonyl (C=O) groups is 2. The lowest BCUT2D eigenvalue weighted by Gasteiger charge is -2.19. The van der Waals surface area contributed by atoms with E-state index in [2.05, 4.69) is 17.1 Å². The molecule has 0 aliphatic heterocycles. The number of rotatable bonds is 12. The predicted octanol–water partition coefficient (Wildman–Crippen LogP) is 7.20.